The summed E-state index contributed by atoms with van der Waals surface area (Å²) in [4.78, 5) is 2.29. The summed E-state index contributed by atoms with van der Waals surface area (Å²) in [6.07, 6.45) is -0.134. The minimum Gasteiger partial charge on any atom is -0.486 e. The number of ether oxygens (including phenoxy) is 3. The molecule has 0 radical (unpaired) electrons. The number of likely N-dealkylation sites (N-methyl/N-ethyl adjacent to an activating group) is 1. The van der Waals surface area contributed by atoms with E-state index in [-0.39, 0.29) is 17.5 Å². The molecule has 3 rings (SSSR count). The third-order valence-corrected chi connectivity index (χ3v) is 5.09. The van der Waals surface area contributed by atoms with Gasteiger partial charge in [0.05, 0.1) is 17.6 Å². The zero-order valence-electron chi connectivity index (χ0n) is 12.4. The maximum atomic E-state index is 12.4. The Morgan fingerprint density at radius 1 is 1.23 bits per heavy atom. The average molecular weight is 328 g/mol. The highest BCUT2D eigenvalue weighted by Gasteiger charge is 2.23. The standard InChI is InChI=1S/C14H20N2O5S/c1-16-4-5-19-11(10-16)9-15-22(17,18)12-2-3-13-14(8-12)21-7-6-20-13/h2-3,8,11,15H,4-7,9-10H2,1H3. The molecular formula is C14H20N2O5S. The van der Waals surface area contributed by atoms with Gasteiger partial charge in [0.25, 0.3) is 0 Å². The minimum absolute atomic E-state index is 0.134. The Labute approximate surface area is 130 Å². The van der Waals surface area contributed by atoms with Crippen LogP contribution in [0.25, 0.3) is 0 Å². The second-order valence-corrected chi connectivity index (χ2v) is 7.18. The SMILES string of the molecule is CN1CCOC(CNS(=O)(=O)c2ccc3c(c2)OCCO3)C1. The number of benzene rings is 1. The van der Waals surface area contributed by atoms with E-state index in [2.05, 4.69) is 9.62 Å². The number of hydrogen-bond donors (Lipinski definition) is 1. The second-order valence-electron chi connectivity index (χ2n) is 5.41. The highest BCUT2D eigenvalue weighted by Crippen LogP contribution is 2.32. The van der Waals surface area contributed by atoms with E-state index in [0.29, 0.717) is 37.9 Å². The van der Waals surface area contributed by atoms with Gasteiger partial charge in [-0.2, -0.15) is 0 Å². The van der Waals surface area contributed by atoms with Gasteiger partial charge in [0.1, 0.15) is 13.2 Å². The Hall–Kier alpha value is -1.35. The number of fused-ring (bicyclic) bond motifs is 1. The van der Waals surface area contributed by atoms with Crippen LogP contribution in [0.2, 0.25) is 0 Å². The maximum Gasteiger partial charge on any atom is 0.240 e. The van der Waals surface area contributed by atoms with Crippen LogP contribution in [0.1, 0.15) is 0 Å². The van der Waals surface area contributed by atoms with Crippen LogP contribution in [0.15, 0.2) is 23.1 Å². The lowest BCUT2D eigenvalue weighted by Crippen LogP contribution is -2.45. The normalized spacial score (nSPS) is 22.5. The van der Waals surface area contributed by atoms with Crippen molar-refractivity contribution < 1.29 is 22.6 Å². The topological polar surface area (TPSA) is 77.1 Å². The predicted molar refractivity (Wildman–Crippen MR) is 79.9 cm³/mol. The molecule has 0 amide bonds. The molecule has 0 spiro atoms. The highest BCUT2D eigenvalue weighted by molar-refractivity contribution is 7.89. The van der Waals surface area contributed by atoms with Gasteiger partial charge in [-0.1, -0.05) is 0 Å². The fourth-order valence-electron chi connectivity index (χ4n) is 2.47. The molecule has 1 unspecified atom stereocenters. The molecule has 1 aromatic rings. The Balaban J connectivity index is 1.67. The molecule has 8 heteroatoms. The molecule has 2 aliphatic heterocycles. The van der Waals surface area contributed by atoms with Crippen molar-refractivity contribution in [2.75, 3.05) is 46.5 Å². The first kappa shape index (κ1) is 15.5. The average Bonchev–Trinajstić information content (AvgIpc) is 2.53. The lowest BCUT2D eigenvalue weighted by atomic mass is 10.3. The Morgan fingerprint density at radius 3 is 2.77 bits per heavy atom. The van der Waals surface area contributed by atoms with E-state index in [1.165, 1.54) is 12.1 Å². The predicted octanol–water partition coefficient (Wildman–Crippen LogP) is 0.0667. The second kappa shape index (κ2) is 6.41. The number of nitrogens with zero attached hydrogens (tertiary/aromatic N) is 1. The third-order valence-electron chi connectivity index (χ3n) is 3.67. The molecule has 0 aliphatic carbocycles. The molecule has 7 nitrogen and oxygen atoms in total. The van der Waals surface area contributed by atoms with Gasteiger partial charge in [0, 0.05) is 25.7 Å². The molecule has 1 fully saturated rings. The van der Waals surface area contributed by atoms with Crippen LogP contribution in [-0.4, -0.2) is 65.9 Å². The van der Waals surface area contributed by atoms with E-state index < -0.39 is 10.0 Å². The van der Waals surface area contributed by atoms with E-state index in [1.54, 1.807) is 6.07 Å². The monoisotopic (exact) mass is 328 g/mol. The van der Waals surface area contributed by atoms with Crippen molar-refractivity contribution in [1.82, 2.24) is 9.62 Å². The summed E-state index contributed by atoms with van der Waals surface area (Å²) < 4.78 is 43.7. The summed E-state index contributed by atoms with van der Waals surface area (Å²) >= 11 is 0. The van der Waals surface area contributed by atoms with Gasteiger partial charge in [-0.05, 0) is 19.2 Å². The first-order valence-corrected chi connectivity index (χ1v) is 8.72. The Bertz CT molecular complexity index is 634. The van der Waals surface area contributed by atoms with Crippen LogP contribution in [0.4, 0.5) is 0 Å². The molecule has 1 atom stereocenters. The molecule has 2 heterocycles. The van der Waals surface area contributed by atoms with E-state index >= 15 is 0 Å². The van der Waals surface area contributed by atoms with Crippen molar-refractivity contribution in [1.29, 1.82) is 0 Å². The van der Waals surface area contributed by atoms with Gasteiger partial charge in [0.15, 0.2) is 11.5 Å². The number of rotatable bonds is 4. The molecule has 1 N–H and O–H groups in total. The van der Waals surface area contributed by atoms with Crippen molar-refractivity contribution in [3.63, 3.8) is 0 Å². The van der Waals surface area contributed by atoms with Crippen molar-refractivity contribution >= 4 is 10.0 Å². The fourth-order valence-corrected chi connectivity index (χ4v) is 3.55. The Morgan fingerprint density at radius 2 is 2.00 bits per heavy atom. The summed E-state index contributed by atoms with van der Waals surface area (Å²) in [7, 11) is -1.60. The molecule has 22 heavy (non-hydrogen) atoms. The summed E-state index contributed by atoms with van der Waals surface area (Å²) in [5, 5.41) is 0. The van der Waals surface area contributed by atoms with Crippen LogP contribution >= 0.6 is 0 Å². The summed E-state index contributed by atoms with van der Waals surface area (Å²) in [6.45, 7) is 3.35. The smallest absolute Gasteiger partial charge is 0.240 e. The van der Waals surface area contributed by atoms with Gasteiger partial charge in [-0.3, -0.25) is 0 Å². The molecule has 0 aromatic heterocycles. The van der Waals surface area contributed by atoms with Crippen LogP contribution in [0.3, 0.4) is 0 Å². The molecular weight excluding hydrogens is 308 g/mol. The number of morpholine rings is 1. The van der Waals surface area contributed by atoms with E-state index in [4.69, 9.17) is 14.2 Å². The van der Waals surface area contributed by atoms with Gasteiger partial charge in [-0.25, -0.2) is 13.1 Å². The van der Waals surface area contributed by atoms with Crippen molar-refractivity contribution in [2.45, 2.75) is 11.0 Å². The van der Waals surface area contributed by atoms with E-state index in [0.717, 1.165) is 6.54 Å². The largest absolute Gasteiger partial charge is 0.486 e. The van der Waals surface area contributed by atoms with Gasteiger partial charge >= 0.3 is 0 Å². The summed E-state index contributed by atoms with van der Waals surface area (Å²) in [6, 6.07) is 4.63. The zero-order chi connectivity index (χ0) is 15.6. The summed E-state index contributed by atoms with van der Waals surface area (Å²) in [5.41, 5.74) is 0. The van der Waals surface area contributed by atoms with Crippen molar-refractivity contribution in [3.05, 3.63) is 18.2 Å². The molecule has 1 saturated heterocycles. The Kier molecular flexibility index (Phi) is 4.53. The fraction of sp³-hybridized carbons (Fsp3) is 0.571. The van der Waals surface area contributed by atoms with Gasteiger partial charge in [-0.15, -0.1) is 0 Å². The van der Waals surface area contributed by atoms with Crippen molar-refractivity contribution in [2.24, 2.45) is 0 Å². The number of nitrogens with one attached hydrogen (secondary N) is 1. The number of hydrogen-bond acceptors (Lipinski definition) is 6. The maximum absolute atomic E-state index is 12.4. The minimum atomic E-state index is -3.59. The van der Waals surface area contributed by atoms with Gasteiger partial charge in [0.2, 0.25) is 10.0 Å². The quantitative estimate of drug-likeness (QED) is 0.843. The highest BCUT2D eigenvalue weighted by atomic mass is 32.2. The van der Waals surface area contributed by atoms with Crippen LogP contribution in [0, 0.1) is 0 Å². The summed E-state index contributed by atoms with van der Waals surface area (Å²) in [5.74, 6) is 1.03. The first-order valence-electron chi connectivity index (χ1n) is 7.24. The zero-order valence-corrected chi connectivity index (χ0v) is 13.3. The lowest BCUT2D eigenvalue weighted by Gasteiger charge is -2.30. The molecule has 1 aromatic carbocycles. The van der Waals surface area contributed by atoms with Gasteiger partial charge < -0.3 is 19.1 Å². The van der Waals surface area contributed by atoms with E-state index in [1.807, 2.05) is 7.05 Å². The molecule has 0 saturated carbocycles. The first-order chi connectivity index (χ1) is 10.5. The molecule has 0 bridgehead atoms. The lowest BCUT2D eigenvalue weighted by molar-refractivity contribution is -0.0156. The van der Waals surface area contributed by atoms with Crippen LogP contribution in [-0.2, 0) is 14.8 Å². The molecule has 122 valence electrons. The van der Waals surface area contributed by atoms with Crippen LogP contribution in [0.5, 0.6) is 11.5 Å². The van der Waals surface area contributed by atoms with Crippen molar-refractivity contribution in [3.8, 4) is 11.5 Å². The number of sulfonamides is 1. The third kappa shape index (κ3) is 3.52. The van der Waals surface area contributed by atoms with Crippen LogP contribution < -0.4 is 14.2 Å². The molecule has 2 aliphatic rings. The van der Waals surface area contributed by atoms with E-state index in [9.17, 15) is 8.42 Å².